The van der Waals surface area contributed by atoms with Crippen LogP contribution in [0, 0.1) is 0 Å². The minimum absolute atomic E-state index is 0.0254. The number of benzene rings is 2. The maximum atomic E-state index is 13.1. The van der Waals surface area contributed by atoms with E-state index >= 15 is 0 Å². The SMILES string of the molecule is COCCOCC(=O)N1CCCN(C(=O)c2cccc3ccccc23)CC1. The van der Waals surface area contributed by atoms with Gasteiger partial charge >= 0.3 is 0 Å². The monoisotopic (exact) mass is 370 g/mol. The lowest BCUT2D eigenvalue weighted by Gasteiger charge is -2.22. The highest BCUT2D eigenvalue weighted by molar-refractivity contribution is 6.07. The van der Waals surface area contributed by atoms with Gasteiger partial charge in [-0.15, -0.1) is 0 Å². The second-order valence-electron chi connectivity index (χ2n) is 6.60. The molecule has 1 heterocycles. The van der Waals surface area contributed by atoms with Crippen molar-refractivity contribution >= 4 is 22.6 Å². The van der Waals surface area contributed by atoms with E-state index in [9.17, 15) is 9.59 Å². The predicted molar refractivity (Wildman–Crippen MR) is 104 cm³/mol. The highest BCUT2D eigenvalue weighted by Crippen LogP contribution is 2.20. The Kier molecular flexibility index (Phi) is 6.79. The normalized spacial score (nSPS) is 15.0. The number of carbonyl (C=O) groups is 2. The predicted octanol–water partition coefficient (Wildman–Crippen LogP) is 2.18. The molecule has 1 saturated heterocycles. The van der Waals surface area contributed by atoms with Crippen LogP contribution in [0.5, 0.6) is 0 Å². The van der Waals surface area contributed by atoms with Crippen LogP contribution in [0.2, 0.25) is 0 Å². The number of rotatable bonds is 6. The van der Waals surface area contributed by atoms with Crippen molar-refractivity contribution in [1.29, 1.82) is 0 Å². The largest absolute Gasteiger partial charge is 0.382 e. The molecule has 1 aliphatic heterocycles. The first kappa shape index (κ1) is 19.3. The van der Waals surface area contributed by atoms with Crippen molar-refractivity contribution in [1.82, 2.24) is 9.80 Å². The average molecular weight is 370 g/mol. The van der Waals surface area contributed by atoms with Crippen LogP contribution in [-0.2, 0) is 14.3 Å². The molecular formula is C21H26N2O4. The Labute approximate surface area is 159 Å². The quantitative estimate of drug-likeness (QED) is 0.732. The van der Waals surface area contributed by atoms with Gasteiger partial charge in [0.2, 0.25) is 5.91 Å². The third-order valence-corrected chi connectivity index (χ3v) is 4.81. The minimum atomic E-state index is -0.0365. The summed E-state index contributed by atoms with van der Waals surface area (Å²) in [6, 6.07) is 13.7. The van der Waals surface area contributed by atoms with Crippen LogP contribution in [0.25, 0.3) is 10.8 Å². The number of fused-ring (bicyclic) bond motifs is 1. The molecule has 144 valence electrons. The maximum Gasteiger partial charge on any atom is 0.254 e. The Morgan fingerprint density at radius 1 is 0.926 bits per heavy atom. The van der Waals surface area contributed by atoms with Crippen LogP contribution < -0.4 is 0 Å². The zero-order valence-electron chi connectivity index (χ0n) is 15.7. The molecular weight excluding hydrogens is 344 g/mol. The Hall–Kier alpha value is -2.44. The van der Waals surface area contributed by atoms with E-state index in [4.69, 9.17) is 9.47 Å². The van der Waals surface area contributed by atoms with Crippen molar-refractivity contribution in [2.75, 3.05) is 53.1 Å². The van der Waals surface area contributed by atoms with Crippen LogP contribution in [-0.4, -0.2) is 74.7 Å². The van der Waals surface area contributed by atoms with E-state index in [-0.39, 0.29) is 18.4 Å². The molecule has 2 amide bonds. The summed E-state index contributed by atoms with van der Waals surface area (Å²) in [5.41, 5.74) is 0.718. The van der Waals surface area contributed by atoms with E-state index in [2.05, 4.69) is 0 Å². The van der Waals surface area contributed by atoms with E-state index in [1.165, 1.54) is 0 Å². The van der Waals surface area contributed by atoms with Gasteiger partial charge in [-0.3, -0.25) is 9.59 Å². The van der Waals surface area contributed by atoms with Crippen molar-refractivity contribution in [3.8, 4) is 0 Å². The first-order chi connectivity index (χ1) is 13.2. The molecule has 0 bridgehead atoms. The molecule has 2 aromatic carbocycles. The number of ether oxygens (including phenoxy) is 2. The van der Waals surface area contributed by atoms with Gasteiger partial charge in [0.1, 0.15) is 6.61 Å². The fourth-order valence-corrected chi connectivity index (χ4v) is 3.35. The van der Waals surface area contributed by atoms with Crippen LogP contribution in [0.15, 0.2) is 42.5 Å². The van der Waals surface area contributed by atoms with Gasteiger partial charge in [0.25, 0.3) is 5.91 Å². The number of hydrogen-bond acceptors (Lipinski definition) is 4. The van der Waals surface area contributed by atoms with Crippen LogP contribution in [0.1, 0.15) is 16.8 Å². The third kappa shape index (κ3) is 4.84. The van der Waals surface area contributed by atoms with Gasteiger partial charge in [-0.05, 0) is 23.3 Å². The summed E-state index contributed by atoms with van der Waals surface area (Å²) in [7, 11) is 1.60. The highest BCUT2D eigenvalue weighted by Gasteiger charge is 2.23. The number of methoxy groups -OCH3 is 1. The van der Waals surface area contributed by atoms with Gasteiger partial charge in [0.15, 0.2) is 0 Å². The topological polar surface area (TPSA) is 59.1 Å². The first-order valence-electron chi connectivity index (χ1n) is 9.32. The summed E-state index contributed by atoms with van der Waals surface area (Å²) in [5, 5.41) is 2.02. The summed E-state index contributed by atoms with van der Waals surface area (Å²) in [5.74, 6) is -0.0111. The minimum Gasteiger partial charge on any atom is -0.382 e. The van der Waals surface area contributed by atoms with Gasteiger partial charge in [-0.1, -0.05) is 36.4 Å². The van der Waals surface area contributed by atoms with Crippen molar-refractivity contribution in [2.45, 2.75) is 6.42 Å². The zero-order chi connectivity index (χ0) is 19.1. The summed E-state index contributed by atoms with van der Waals surface area (Å²) in [6.07, 6.45) is 0.764. The van der Waals surface area contributed by atoms with Crippen LogP contribution in [0.4, 0.5) is 0 Å². The zero-order valence-corrected chi connectivity index (χ0v) is 15.7. The second kappa shape index (κ2) is 9.48. The Bertz CT molecular complexity index is 787. The first-order valence-corrected chi connectivity index (χ1v) is 9.32. The molecule has 0 spiro atoms. The van der Waals surface area contributed by atoms with E-state index in [1.807, 2.05) is 47.4 Å². The van der Waals surface area contributed by atoms with E-state index in [1.54, 1.807) is 12.0 Å². The molecule has 6 nitrogen and oxygen atoms in total. The molecule has 0 aromatic heterocycles. The third-order valence-electron chi connectivity index (χ3n) is 4.81. The summed E-state index contributed by atoms with van der Waals surface area (Å²) in [6.45, 7) is 3.29. The Morgan fingerprint density at radius 3 is 2.52 bits per heavy atom. The lowest BCUT2D eigenvalue weighted by atomic mass is 10.0. The van der Waals surface area contributed by atoms with Crippen molar-refractivity contribution < 1.29 is 19.1 Å². The molecule has 0 atom stereocenters. The van der Waals surface area contributed by atoms with Crippen LogP contribution >= 0.6 is 0 Å². The van der Waals surface area contributed by atoms with Gasteiger partial charge in [0.05, 0.1) is 13.2 Å². The molecule has 3 rings (SSSR count). The standard InChI is InChI=1S/C21H26N2O4/c1-26-14-15-27-16-20(24)22-10-5-11-23(13-12-22)21(25)19-9-4-7-17-6-2-3-8-18(17)19/h2-4,6-9H,5,10-16H2,1H3. The molecule has 1 aliphatic rings. The average Bonchev–Trinajstić information content (AvgIpc) is 2.96. The number of amides is 2. The lowest BCUT2D eigenvalue weighted by molar-refractivity contribution is -0.136. The molecule has 0 radical (unpaired) electrons. The molecule has 6 heteroatoms. The van der Waals surface area contributed by atoms with E-state index in [0.717, 1.165) is 22.8 Å². The highest BCUT2D eigenvalue weighted by atomic mass is 16.5. The van der Waals surface area contributed by atoms with Gasteiger partial charge in [-0.2, -0.15) is 0 Å². The van der Waals surface area contributed by atoms with Crippen LogP contribution in [0.3, 0.4) is 0 Å². The molecule has 0 saturated carbocycles. The van der Waals surface area contributed by atoms with Crippen molar-refractivity contribution in [3.63, 3.8) is 0 Å². The smallest absolute Gasteiger partial charge is 0.254 e. The Balaban J connectivity index is 1.62. The molecule has 27 heavy (non-hydrogen) atoms. The van der Waals surface area contributed by atoms with Gasteiger partial charge < -0.3 is 19.3 Å². The maximum absolute atomic E-state index is 13.1. The van der Waals surface area contributed by atoms with Crippen molar-refractivity contribution in [3.05, 3.63) is 48.0 Å². The number of hydrogen-bond donors (Lipinski definition) is 0. The second-order valence-corrected chi connectivity index (χ2v) is 6.60. The molecule has 0 N–H and O–H groups in total. The lowest BCUT2D eigenvalue weighted by Crippen LogP contribution is -2.39. The fourth-order valence-electron chi connectivity index (χ4n) is 3.35. The van der Waals surface area contributed by atoms with Gasteiger partial charge in [-0.25, -0.2) is 0 Å². The molecule has 0 unspecified atom stereocenters. The number of carbonyl (C=O) groups excluding carboxylic acids is 2. The summed E-state index contributed by atoms with van der Waals surface area (Å²) >= 11 is 0. The summed E-state index contributed by atoms with van der Waals surface area (Å²) < 4.78 is 10.2. The van der Waals surface area contributed by atoms with Gasteiger partial charge in [0, 0.05) is 38.9 Å². The Morgan fingerprint density at radius 2 is 1.67 bits per heavy atom. The van der Waals surface area contributed by atoms with E-state index in [0.29, 0.717) is 39.4 Å². The molecule has 2 aromatic rings. The van der Waals surface area contributed by atoms with Crippen molar-refractivity contribution in [2.24, 2.45) is 0 Å². The fraction of sp³-hybridized carbons (Fsp3) is 0.429. The van der Waals surface area contributed by atoms with E-state index < -0.39 is 0 Å². The molecule has 1 fully saturated rings. The summed E-state index contributed by atoms with van der Waals surface area (Å²) in [4.78, 5) is 29.0. The number of nitrogens with zero attached hydrogens (tertiary/aromatic N) is 2. The molecule has 0 aliphatic carbocycles.